The standard InChI is InChI=1S/C6H7Cl.C2H6/c7-6-4-2-1-3-5-6;1-2/h2,4-5H,1,3H2;1-2H3. The minimum Gasteiger partial charge on any atom is -0.0847 e. The van der Waals surface area contributed by atoms with Crippen LogP contribution < -0.4 is 0 Å². The number of halogens is 1. The molecule has 0 N–H and O–H groups in total. The molecule has 0 radical (unpaired) electrons. The fraction of sp³-hybridized carbons (Fsp3) is 0.500. The Kier molecular flexibility index (Phi) is 5.75. The van der Waals surface area contributed by atoms with E-state index in [0.717, 1.165) is 17.9 Å². The van der Waals surface area contributed by atoms with Crippen LogP contribution in [0.1, 0.15) is 26.7 Å². The lowest BCUT2D eigenvalue weighted by atomic mass is 10.2. The summed E-state index contributed by atoms with van der Waals surface area (Å²) >= 11 is 5.59. The van der Waals surface area contributed by atoms with Crippen molar-refractivity contribution in [2.24, 2.45) is 0 Å². The second-order valence-corrected chi connectivity index (χ2v) is 2.01. The van der Waals surface area contributed by atoms with Crippen LogP contribution in [0.5, 0.6) is 0 Å². The van der Waals surface area contributed by atoms with Crippen LogP contribution in [0.3, 0.4) is 0 Å². The molecule has 0 aliphatic heterocycles. The van der Waals surface area contributed by atoms with E-state index in [-0.39, 0.29) is 0 Å². The van der Waals surface area contributed by atoms with Gasteiger partial charge >= 0.3 is 0 Å². The van der Waals surface area contributed by atoms with Crippen LogP contribution in [-0.4, -0.2) is 0 Å². The van der Waals surface area contributed by atoms with Crippen molar-refractivity contribution in [2.75, 3.05) is 0 Å². The van der Waals surface area contributed by atoms with Gasteiger partial charge in [0.1, 0.15) is 0 Å². The molecule has 1 rings (SSSR count). The molecule has 1 aliphatic carbocycles. The lowest BCUT2D eigenvalue weighted by Crippen LogP contribution is -1.73. The molecular weight excluding hydrogens is 132 g/mol. The quantitative estimate of drug-likeness (QED) is 0.488. The molecule has 0 spiro atoms. The summed E-state index contributed by atoms with van der Waals surface area (Å²) in [6.07, 6.45) is 8.31. The van der Waals surface area contributed by atoms with Gasteiger partial charge in [-0.15, -0.1) is 0 Å². The fourth-order valence-electron chi connectivity index (χ4n) is 0.581. The van der Waals surface area contributed by atoms with E-state index in [1.54, 1.807) is 0 Å². The maximum Gasteiger partial charge on any atom is 0.0363 e. The van der Waals surface area contributed by atoms with Crippen LogP contribution in [0, 0.1) is 0 Å². The zero-order chi connectivity index (χ0) is 7.11. The molecule has 0 saturated carbocycles. The fourth-order valence-corrected chi connectivity index (χ4v) is 0.780. The molecule has 0 atom stereocenters. The van der Waals surface area contributed by atoms with E-state index >= 15 is 0 Å². The molecule has 1 heteroatoms. The molecule has 0 saturated heterocycles. The summed E-state index contributed by atoms with van der Waals surface area (Å²) in [6.45, 7) is 4.00. The summed E-state index contributed by atoms with van der Waals surface area (Å²) in [5.74, 6) is 0. The third kappa shape index (κ3) is 4.28. The third-order valence-corrected chi connectivity index (χ3v) is 1.23. The van der Waals surface area contributed by atoms with E-state index in [9.17, 15) is 0 Å². The maximum atomic E-state index is 5.59. The Hall–Kier alpha value is -0.230. The van der Waals surface area contributed by atoms with Crippen molar-refractivity contribution in [1.29, 1.82) is 0 Å². The van der Waals surface area contributed by atoms with E-state index < -0.39 is 0 Å². The molecule has 0 nitrogen and oxygen atoms in total. The highest BCUT2D eigenvalue weighted by molar-refractivity contribution is 6.31. The third-order valence-electron chi connectivity index (χ3n) is 0.950. The van der Waals surface area contributed by atoms with E-state index in [2.05, 4.69) is 6.08 Å². The van der Waals surface area contributed by atoms with E-state index in [1.165, 1.54) is 0 Å². The molecular formula is C8H13Cl. The van der Waals surface area contributed by atoms with Gasteiger partial charge in [-0.25, -0.2) is 0 Å². The molecule has 52 valence electrons. The van der Waals surface area contributed by atoms with E-state index in [4.69, 9.17) is 11.6 Å². The Labute approximate surface area is 62.2 Å². The van der Waals surface area contributed by atoms with Gasteiger partial charge in [-0.1, -0.05) is 37.6 Å². The van der Waals surface area contributed by atoms with Gasteiger partial charge in [0.25, 0.3) is 0 Å². The topological polar surface area (TPSA) is 0 Å². The largest absolute Gasteiger partial charge is 0.0847 e. The van der Waals surface area contributed by atoms with Crippen LogP contribution in [0.2, 0.25) is 0 Å². The van der Waals surface area contributed by atoms with E-state index in [1.807, 2.05) is 26.0 Å². The molecule has 1 aliphatic rings. The lowest BCUT2D eigenvalue weighted by molar-refractivity contribution is 1.03. The van der Waals surface area contributed by atoms with Crippen LogP contribution in [0.4, 0.5) is 0 Å². The van der Waals surface area contributed by atoms with Crippen LogP contribution in [0.15, 0.2) is 23.3 Å². The Morgan fingerprint density at radius 2 is 2.00 bits per heavy atom. The normalized spacial score (nSPS) is 15.7. The highest BCUT2D eigenvalue weighted by atomic mass is 35.5. The molecule has 0 aromatic rings. The first-order valence-corrected chi connectivity index (χ1v) is 3.79. The van der Waals surface area contributed by atoms with Crippen molar-refractivity contribution in [3.63, 3.8) is 0 Å². The lowest BCUT2D eigenvalue weighted by Gasteiger charge is -1.94. The van der Waals surface area contributed by atoms with Gasteiger partial charge in [-0.2, -0.15) is 0 Å². The van der Waals surface area contributed by atoms with Gasteiger partial charge in [0.2, 0.25) is 0 Å². The first kappa shape index (κ1) is 8.77. The summed E-state index contributed by atoms with van der Waals surface area (Å²) in [7, 11) is 0. The minimum atomic E-state index is 0.881. The van der Waals surface area contributed by atoms with Crippen molar-refractivity contribution in [1.82, 2.24) is 0 Å². The average Bonchev–Trinajstić information content (AvgIpc) is 1.94. The number of allylic oxidation sites excluding steroid dienone is 4. The second kappa shape index (κ2) is 5.90. The van der Waals surface area contributed by atoms with Crippen LogP contribution in [0.25, 0.3) is 0 Å². The van der Waals surface area contributed by atoms with Gasteiger partial charge < -0.3 is 0 Å². The summed E-state index contributed by atoms with van der Waals surface area (Å²) < 4.78 is 0. The molecule has 0 fully saturated rings. The van der Waals surface area contributed by atoms with Gasteiger partial charge in [-0.05, 0) is 18.9 Å². The first-order chi connectivity index (χ1) is 4.39. The summed E-state index contributed by atoms with van der Waals surface area (Å²) in [4.78, 5) is 0. The smallest absolute Gasteiger partial charge is 0.0363 e. The maximum absolute atomic E-state index is 5.59. The summed E-state index contributed by atoms with van der Waals surface area (Å²) in [6, 6.07) is 0. The molecule has 0 aromatic heterocycles. The average molecular weight is 145 g/mol. The minimum absolute atomic E-state index is 0.881. The van der Waals surface area contributed by atoms with Crippen molar-refractivity contribution >= 4 is 11.6 Å². The monoisotopic (exact) mass is 144 g/mol. The number of rotatable bonds is 0. The van der Waals surface area contributed by atoms with Crippen molar-refractivity contribution in [3.8, 4) is 0 Å². The first-order valence-electron chi connectivity index (χ1n) is 3.42. The molecule has 0 heterocycles. The van der Waals surface area contributed by atoms with Gasteiger partial charge in [0.15, 0.2) is 0 Å². The highest BCUT2D eigenvalue weighted by Crippen LogP contribution is 2.11. The Balaban J connectivity index is 0.000000291. The molecule has 0 amide bonds. The Morgan fingerprint density at radius 1 is 1.33 bits per heavy atom. The summed E-state index contributed by atoms with van der Waals surface area (Å²) in [5, 5.41) is 0.881. The van der Waals surface area contributed by atoms with E-state index in [0.29, 0.717) is 0 Å². The predicted molar refractivity (Wildman–Crippen MR) is 43.7 cm³/mol. The highest BCUT2D eigenvalue weighted by Gasteiger charge is 1.88. The molecule has 0 bridgehead atoms. The van der Waals surface area contributed by atoms with Gasteiger partial charge in [-0.3, -0.25) is 0 Å². The summed E-state index contributed by atoms with van der Waals surface area (Å²) in [5.41, 5.74) is 0. The Bertz CT molecular complexity index is 112. The van der Waals surface area contributed by atoms with Crippen LogP contribution in [-0.2, 0) is 0 Å². The van der Waals surface area contributed by atoms with Gasteiger partial charge in [0, 0.05) is 5.03 Å². The van der Waals surface area contributed by atoms with Crippen molar-refractivity contribution in [2.45, 2.75) is 26.7 Å². The van der Waals surface area contributed by atoms with Crippen molar-refractivity contribution < 1.29 is 0 Å². The molecule has 9 heavy (non-hydrogen) atoms. The van der Waals surface area contributed by atoms with Gasteiger partial charge in [0.05, 0.1) is 0 Å². The Morgan fingerprint density at radius 3 is 2.22 bits per heavy atom. The van der Waals surface area contributed by atoms with Crippen LogP contribution >= 0.6 is 11.6 Å². The zero-order valence-electron chi connectivity index (χ0n) is 6.02. The zero-order valence-corrected chi connectivity index (χ0v) is 6.78. The number of hydrogen-bond donors (Lipinski definition) is 0. The number of hydrogen-bond acceptors (Lipinski definition) is 0. The molecule has 0 unspecified atom stereocenters. The molecule has 0 aromatic carbocycles. The SMILES string of the molecule is CC.ClC1=CCCC=C1. The second-order valence-electron chi connectivity index (χ2n) is 1.57. The predicted octanol–water partition coefficient (Wildman–Crippen LogP) is 3.49. The van der Waals surface area contributed by atoms with Crippen molar-refractivity contribution in [3.05, 3.63) is 23.3 Å².